The number of hydrogen-bond acceptors (Lipinski definition) is 3. The van der Waals surface area contributed by atoms with Crippen LogP contribution in [0.1, 0.15) is 0 Å². The fraction of sp³-hybridized carbons (Fsp3) is 0.100. The first-order valence-electron chi connectivity index (χ1n) is 4.30. The highest BCUT2D eigenvalue weighted by Gasteiger charge is 2.08. The van der Waals surface area contributed by atoms with Crippen LogP contribution in [0, 0.1) is 0 Å². The first-order valence-corrected chi connectivity index (χ1v) is 6.19. The van der Waals surface area contributed by atoms with Crippen LogP contribution in [0.5, 0.6) is 0 Å². The van der Waals surface area contributed by atoms with Gasteiger partial charge >= 0.3 is 0 Å². The van der Waals surface area contributed by atoms with Crippen molar-refractivity contribution >= 4 is 20.7 Å². The molecule has 0 bridgehead atoms. The van der Waals surface area contributed by atoms with Crippen LogP contribution in [0.25, 0.3) is 10.9 Å². The van der Waals surface area contributed by atoms with E-state index in [1.165, 1.54) is 30.5 Å². The summed E-state index contributed by atoms with van der Waals surface area (Å²) in [7, 11) is -3.23. The fourth-order valence-electron chi connectivity index (χ4n) is 1.39. The summed E-state index contributed by atoms with van der Waals surface area (Å²) in [4.78, 5) is 14.4. The standard InChI is InChI=1S/C10H9NO3S/c1-15(13,14)7-2-3-8-9(6-7)11-5-4-10(8)12/h2-6H,1H3,(H,11,12). The maximum atomic E-state index is 11.4. The van der Waals surface area contributed by atoms with Crippen LogP contribution in [0.15, 0.2) is 40.2 Å². The predicted octanol–water partition coefficient (Wildman–Crippen LogP) is 0.932. The summed E-state index contributed by atoms with van der Waals surface area (Å²) in [5.74, 6) is 0. The lowest BCUT2D eigenvalue weighted by atomic mass is 10.2. The molecule has 2 rings (SSSR count). The molecular weight excluding hydrogens is 214 g/mol. The molecule has 0 aliphatic heterocycles. The predicted molar refractivity (Wildman–Crippen MR) is 57.7 cm³/mol. The highest BCUT2D eigenvalue weighted by molar-refractivity contribution is 7.90. The number of hydrogen-bond donors (Lipinski definition) is 1. The average molecular weight is 223 g/mol. The number of pyridine rings is 1. The zero-order valence-corrected chi connectivity index (χ0v) is 8.84. The zero-order valence-electron chi connectivity index (χ0n) is 8.02. The van der Waals surface area contributed by atoms with Crippen molar-refractivity contribution in [2.75, 3.05) is 6.26 Å². The third kappa shape index (κ3) is 1.78. The van der Waals surface area contributed by atoms with Crippen LogP contribution in [-0.4, -0.2) is 19.7 Å². The SMILES string of the molecule is CS(=O)(=O)c1ccc2c(=O)cc[nH]c2c1. The maximum Gasteiger partial charge on any atom is 0.189 e. The van der Waals surface area contributed by atoms with E-state index in [0.717, 1.165) is 6.26 Å². The second-order valence-corrected chi connectivity index (χ2v) is 5.34. The minimum absolute atomic E-state index is 0.121. The van der Waals surface area contributed by atoms with Crippen molar-refractivity contribution < 1.29 is 8.42 Å². The quantitative estimate of drug-likeness (QED) is 0.782. The summed E-state index contributed by atoms with van der Waals surface area (Å²) in [6.07, 6.45) is 2.63. The lowest BCUT2D eigenvalue weighted by molar-refractivity contribution is 0.602. The van der Waals surface area contributed by atoms with Gasteiger partial charge in [-0.15, -0.1) is 0 Å². The van der Waals surface area contributed by atoms with Crippen molar-refractivity contribution in [3.63, 3.8) is 0 Å². The van der Waals surface area contributed by atoms with Crippen LogP contribution in [0.4, 0.5) is 0 Å². The van der Waals surface area contributed by atoms with E-state index in [1.54, 1.807) is 0 Å². The molecule has 1 aromatic heterocycles. The molecule has 0 radical (unpaired) electrons. The first kappa shape index (κ1) is 9.92. The lowest BCUT2D eigenvalue weighted by Gasteiger charge is -2.00. The molecule has 0 saturated carbocycles. The molecule has 0 spiro atoms. The van der Waals surface area contributed by atoms with Crippen LogP contribution in [0.2, 0.25) is 0 Å². The Hall–Kier alpha value is -1.62. The number of nitrogens with one attached hydrogen (secondary N) is 1. The van der Waals surface area contributed by atoms with Gasteiger partial charge in [-0.2, -0.15) is 0 Å². The number of aromatic nitrogens is 1. The average Bonchev–Trinajstić information content (AvgIpc) is 2.16. The molecule has 0 atom stereocenters. The topological polar surface area (TPSA) is 67.0 Å². The van der Waals surface area contributed by atoms with Crippen LogP contribution in [0.3, 0.4) is 0 Å². The Morgan fingerprint density at radius 1 is 1.20 bits per heavy atom. The van der Waals surface area contributed by atoms with Crippen molar-refractivity contribution in [2.45, 2.75) is 4.90 Å². The Bertz CT molecular complexity index is 670. The van der Waals surface area contributed by atoms with Crippen molar-refractivity contribution in [3.05, 3.63) is 40.7 Å². The van der Waals surface area contributed by atoms with Crippen molar-refractivity contribution in [2.24, 2.45) is 0 Å². The summed E-state index contributed by atoms with van der Waals surface area (Å²) in [5, 5.41) is 0.491. The molecule has 0 amide bonds. The van der Waals surface area contributed by atoms with Gasteiger partial charge in [-0.05, 0) is 18.2 Å². The summed E-state index contributed by atoms with van der Waals surface area (Å²) < 4.78 is 22.5. The minimum atomic E-state index is -3.23. The summed E-state index contributed by atoms with van der Waals surface area (Å²) in [6.45, 7) is 0. The van der Waals surface area contributed by atoms with E-state index in [4.69, 9.17) is 0 Å². The smallest absolute Gasteiger partial charge is 0.189 e. The van der Waals surface area contributed by atoms with E-state index in [0.29, 0.717) is 10.9 Å². The first-order chi connectivity index (χ1) is 6.98. The van der Waals surface area contributed by atoms with E-state index in [-0.39, 0.29) is 10.3 Å². The zero-order chi connectivity index (χ0) is 11.1. The highest BCUT2D eigenvalue weighted by Crippen LogP contribution is 2.14. The van der Waals surface area contributed by atoms with Gasteiger partial charge in [-0.3, -0.25) is 4.79 Å². The molecule has 0 saturated heterocycles. The molecule has 5 heteroatoms. The fourth-order valence-corrected chi connectivity index (χ4v) is 2.03. The van der Waals surface area contributed by atoms with Gasteiger partial charge in [-0.25, -0.2) is 8.42 Å². The van der Waals surface area contributed by atoms with Gasteiger partial charge in [0.25, 0.3) is 0 Å². The summed E-state index contributed by atoms with van der Waals surface area (Å²) in [6, 6.07) is 5.83. The van der Waals surface area contributed by atoms with Crippen molar-refractivity contribution in [1.29, 1.82) is 0 Å². The Morgan fingerprint density at radius 2 is 1.93 bits per heavy atom. The number of benzene rings is 1. The van der Waals surface area contributed by atoms with E-state index in [9.17, 15) is 13.2 Å². The van der Waals surface area contributed by atoms with E-state index >= 15 is 0 Å². The highest BCUT2D eigenvalue weighted by atomic mass is 32.2. The Kier molecular flexibility index (Phi) is 2.12. The van der Waals surface area contributed by atoms with Gasteiger partial charge in [0, 0.05) is 23.9 Å². The molecule has 1 heterocycles. The van der Waals surface area contributed by atoms with Crippen molar-refractivity contribution in [3.8, 4) is 0 Å². The molecule has 0 aliphatic carbocycles. The maximum absolute atomic E-state index is 11.4. The van der Waals surface area contributed by atoms with Crippen LogP contribution < -0.4 is 5.43 Å². The molecule has 4 nitrogen and oxygen atoms in total. The second kappa shape index (κ2) is 3.20. The molecule has 1 N–H and O–H groups in total. The molecule has 15 heavy (non-hydrogen) atoms. The van der Waals surface area contributed by atoms with E-state index in [2.05, 4.69) is 4.98 Å². The lowest BCUT2D eigenvalue weighted by Crippen LogP contribution is -2.02. The van der Waals surface area contributed by atoms with Crippen LogP contribution in [-0.2, 0) is 9.84 Å². The molecule has 1 aromatic carbocycles. The van der Waals surface area contributed by atoms with E-state index < -0.39 is 9.84 Å². The normalized spacial score (nSPS) is 11.8. The minimum Gasteiger partial charge on any atom is -0.361 e. The van der Waals surface area contributed by atoms with Gasteiger partial charge in [0.15, 0.2) is 15.3 Å². The van der Waals surface area contributed by atoms with Gasteiger partial charge in [-0.1, -0.05) is 0 Å². The number of aromatic amines is 1. The number of sulfone groups is 1. The number of H-pyrrole nitrogens is 1. The van der Waals surface area contributed by atoms with E-state index in [1.807, 2.05) is 0 Å². The largest absolute Gasteiger partial charge is 0.361 e. The summed E-state index contributed by atoms with van der Waals surface area (Å²) >= 11 is 0. The second-order valence-electron chi connectivity index (χ2n) is 3.32. The number of rotatable bonds is 1. The molecule has 78 valence electrons. The van der Waals surface area contributed by atoms with Gasteiger partial charge in [0.2, 0.25) is 0 Å². The Morgan fingerprint density at radius 3 is 2.60 bits per heavy atom. The van der Waals surface area contributed by atoms with Crippen LogP contribution >= 0.6 is 0 Å². The van der Waals surface area contributed by atoms with Gasteiger partial charge < -0.3 is 4.98 Å². The molecule has 2 aromatic rings. The molecule has 0 fully saturated rings. The third-order valence-electron chi connectivity index (χ3n) is 2.16. The third-order valence-corrected chi connectivity index (χ3v) is 3.27. The Balaban J connectivity index is 2.85. The van der Waals surface area contributed by atoms with Gasteiger partial charge in [0.1, 0.15) is 0 Å². The Labute approximate surface area is 86.5 Å². The number of fused-ring (bicyclic) bond motifs is 1. The molecular formula is C10H9NO3S. The molecule has 0 aliphatic rings. The monoisotopic (exact) mass is 223 g/mol. The van der Waals surface area contributed by atoms with Gasteiger partial charge in [0.05, 0.1) is 10.4 Å². The van der Waals surface area contributed by atoms with Crippen molar-refractivity contribution in [1.82, 2.24) is 4.98 Å². The summed E-state index contributed by atoms with van der Waals surface area (Å²) in [5.41, 5.74) is 0.411. The molecule has 0 unspecified atom stereocenters.